The third-order valence-corrected chi connectivity index (χ3v) is 6.45. The number of benzene rings is 3. The summed E-state index contributed by atoms with van der Waals surface area (Å²) in [4.78, 5) is 25.9. The lowest BCUT2D eigenvalue weighted by molar-refractivity contribution is -0.143. The summed E-state index contributed by atoms with van der Waals surface area (Å²) in [5.74, 6) is -0.974. The minimum Gasteiger partial charge on any atom is -0.504 e. The van der Waals surface area contributed by atoms with Gasteiger partial charge in [-0.3, -0.25) is 14.7 Å². The fourth-order valence-electron chi connectivity index (χ4n) is 4.91. The standard InChI is InChI=1S/C28H28N2O6/c1-28(2,3)36-27(34)30-14-20(18-10-9-15-7-5-6-8-17(15)25(18)30)24-19-13-23(32)22(31)12-16(19)11-21(29-24)26(33)35-4/h5-10,12-14,21,24,29,31-32H,11H2,1-4H3/t21-,24+/m0/s1. The van der Waals surface area contributed by atoms with Gasteiger partial charge in [-0.25, -0.2) is 4.79 Å². The van der Waals surface area contributed by atoms with E-state index in [1.807, 2.05) is 57.2 Å². The van der Waals surface area contributed by atoms with Gasteiger partial charge in [0.2, 0.25) is 0 Å². The smallest absolute Gasteiger partial charge is 0.419 e. The number of esters is 1. The number of aromatic nitrogens is 1. The quantitative estimate of drug-likeness (QED) is 0.275. The van der Waals surface area contributed by atoms with Crippen molar-refractivity contribution in [1.82, 2.24) is 9.88 Å². The van der Waals surface area contributed by atoms with Crippen molar-refractivity contribution in [3.05, 3.63) is 71.4 Å². The van der Waals surface area contributed by atoms with Gasteiger partial charge < -0.3 is 19.7 Å². The zero-order valence-electron chi connectivity index (χ0n) is 20.5. The van der Waals surface area contributed by atoms with Crippen LogP contribution in [0.2, 0.25) is 0 Å². The molecule has 186 valence electrons. The van der Waals surface area contributed by atoms with Crippen LogP contribution in [0.1, 0.15) is 43.5 Å². The maximum atomic E-state index is 13.4. The summed E-state index contributed by atoms with van der Waals surface area (Å²) in [5.41, 5.74) is 2.10. The highest BCUT2D eigenvalue weighted by Crippen LogP contribution is 2.41. The van der Waals surface area contributed by atoms with Crippen LogP contribution in [0.4, 0.5) is 4.79 Å². The first kappa shape index (κ1) is 23.7. The number of carbonyl (C=O) groups is 2. The van der Waals surface area contributed by atoms with Crippen molar-refractivity contribution in [2.24, 2.45) is 0 Å². The number of phenols is 2. The van der Waals surface area contributed by atoms with E-state index in [0.717, 1.165) is 21.7 Å². The first-order valence-corrected chi connectivity index (χ1v) is 11.7. The maximum absolute atomic E-state index is 13.4. The van der Waals surface area contributed by atoms with Crippen molar-refractivity contribution in [2.75, 3.05) is 7.11 Å². The van der Waals surface area contributed by atoms with Crippen molar-refractivity contribution in [3.8, 4) is 11.5 Å². The molecule has 0 aliphatic carbocycles. The number of hydrogen-bond donors (Lipinski definition) is 3. The minimum atomic E-state index is -0.701. The fourth-order valence-corrected chi connectivity index (χ4v) is 4.91. The molecule has 3 aromatic carbocycles. The number of aromatic hydroxyl groups is 2. The van der Waals surface area contributed by atoms with E-state index in [1.54, 1.807) is 6.20 Å². The number of fused-ring (bicyclic) bond motifs is 4. The molecule has 4 aromatic rings. The van der Waals surface area contributed by atoms with Crippen LogP contribution in [0.3, 0.4) is 0 Å². The molecule has 1 aliphatic heterocycles. The number of ether oxygens (including phenoxy) is 2. The molecule has 0 saturated carbocycles. The third-order valence-electron chi connectivity index (χ3n) is 6.45. The van der Waals surface area contributed by atoms with Gasteiger partial charge in [-0.1, -0.05) is 36.4 Å². The molecule has 5 rings (SSSR count). The molecule has 36 heavy (non-hydrogen) atoms. The third kappa shape index (κ3) is 4.03. The highest BCUT2D eigenvalue weighted by atomic mass is 16.6. The molecule has 8 nitrogen and oxygen atoms in total. The van der Waals surface area contributed by atoms with Gasteiger partial charge in [0, 0.05) is 17.0 Å². The molecule has 0 amide bonds. The minimum absolute atomic E-state index is 0.264. The fraction of sp³-hybridized carbons (Fsp3) is 0.286. The van der Waals surface area contributed by atoms with Gasteiger partial charge in [-0.2, -0.15) is 0 Å². The summed E-state index contributed by atoms with van der Waals surface area (Å²) in [5, 5.41) is 26.4. The van der Waals surface area contributed by atoms with E-state index in [2.05, 4.69) is 5.32 Å². The Labute approximate surface area is 208 Å². The van der Waals surface area contributed by atoms with Crippen LogP contribution in [-0.2, 0) is 20.7 Å². The largest absolute Gasteiger partial charge is 0.504 e. The summed E-state index contributed by atoms with van der Waals surface area (Å²) in [7, 11) is 1.32. The van der Waals surface area contributed by atoms with E-state index >= 15 is 0 Å². The average molecular weight is 489 g/mol. The van der Waals surface area contributed by atoms with Crippen LogP contribution < -0.4 is 5.32 Å². The zero-order valence-corrected chi connectivity index (χ0v) is 20.5. The van der Waals surface area contributed by atoms with Crippen LogP contribution >= 0.6 is 0 Å². The summed E-state index contributed by atoms with van der Waals surface area (Å²) in [6.45, 7) is 5.43. The number of methoxy groups -OCH3 is 1. The number of nitrogens with one attached hydrogen (secondary N) is 1. The molecule has 2 heterocycles. The Hall–Kier alpha value is -4.04. The second kappa shape index (κ2) is 8.57. The van der Waals surface area contributed by atoms with E-state index in [4.69, 9.17) is 9.47 Å². The maximum Gasteiger partial charge on any atom is 0.419 e. The SMILES string of the molecule is COC(=O)[C@@H]1Cc2cc(O)c(O)cc2[C@H](c2cn(C(=O)OC(C)(C)C)c3c2ccc2ccccc23)N1. The molecule has 2 atom stereocenters. The predicted molar refractivity (Wildman–Crippen MR) is 135 cm³/mol. The van der Waals surface area contributed by atoms with Gasteiger partial charge in [0.05, 0.1) is 18.7 Å². The Morgan fingerprint density at radius 3 is 2.44 bits per heavy atom. The van der Waals surface area contributed by atoms with Gasteiger partial charge in [0.25, 0.3) is 0 Å². The number of carbonyl (C=O) groups excluding carboxylic acids is 2. The summed E-state index contributed by atoms with van der Waals surface area (Å²) < 4.78 is 12.2. The Balaban J connectivity index is 1.77. The van der Waals surface area contributed by atoms with Crippen molar-refractivity contribution in [3.63, 3.8) is 0 Å². The van der Waals surface area contributed by atoms with Gasteiger partial charge in [-0.05, 0) is 61.4 Å². The van der Waals surface area contributed by atoms with Crippen molar-refractivity contribution >= 4 is 33.7 Å². The number of nitrogens with zero attached hydrogens (tertiary/aromatic N) is 1. The zero-order chi connectivity index (χ0) is 25.8. The van der Waals surface area contributed by atoms with E-state index in [-0.39, 0.29) is 17.9 Å². The van der Waals surface area contributed by atoms with Crippen LogP contribution in [0.5, 0.6) is 11.5 Å². The molecule has 0 fully saturated rings. The number of phenolic OH excluding ortho intramolecular Hbond substituents is 2. The topological polar surface area (TPSA) is 110 Å². The molecule has 3 N–H and O–H groups in total. The number of rotatable bonds is 2. The normalized spacial score (nSPS) is 17.7. The lowest BCUT2D eigenvalue weighted by atomic mass is 9.86. The summed E-state index contributed by atoms with van der Waals surface area (Å²) in [6.07, 6.45) is 1.47. The van der Waals surface area contributed by atoms with Gasteiger partial charge in [0.1, 0.15) is 11.6 Å². The first-order chi connectivity index (χ1) is 17.1. The molecular formula is C28H28N2O6. The van der Waals surface area contributed by atoms with E-state index in [0.29, 0.717) is 16.6 Å². The van der Waals surface area contributed by atoms with Gasteiger partial charge in [-0.15, -0.1) is 0 Å². The molecule has 0 radical (unpaired) electrons. The van der Waals surface area contributed by atoms with E-state index in [9.17, 15) is 19.8 Å². The molecule has 0 saturated heterocycles. The van der Waals surface area contributed by atoms with E-state index in [1.165, 1.54) is 23.8 Å². The predicted octanol–water partition coefficient (Wildman–Crippen LogP) is 4.77. The molecule has 0 bridgehead atoms. The Bertz CT molecular complexity index is 1510. The Morgan fingerprint density at radius 2 is 1.72 bits per heavy atom. The molecule has 0 spiro atoms. The van der Waals surface area contributed by atoms with E-state index < -0.39 is 29.7 Å². The van der Waals surface area contributed by atoms with Crippen LogP contribution in [0.15, 0.2) is 54.7 Å². The molecule has 8 heteroatoms. The molecule has 0 unspecified atom stereocenters. The lowest BCUT2D eigenvalue weighted by Gasteiger charge is -2.32. The van der Waals surface area contributed by atoms with Crippen LogP contribution in [0.25, 0.3) is 21.7 Å². The van der Waals surface area contributed by atoms with Gasteiger partial charge >= 0.3 is 12.1 Å². The lowest BCUT2D eigenvalue weighted by Crippen LogP contribution is -2.45. The summed E-state index contributed by atoms with van der Waals surface area (Å²) >= 11 is 0. The van der Waals surface area contributed by atoms with Crippen molar-refractivity contribution in [1.29, 1.82) is 0 Å². The van der Waals surface area contributed by atoms with Gasteiger partial charge in [0.15, 0.2) is 11.5 Å². The number of hydrogen-bond acceptors (Lipinski definition) is 7. The molecule has 1 aromatic heterocycles. The highest BCUT2D eigenvalue weighted by Gasteiger charge is 2.35. The highest BCUT2D eigenvalue weighted by molar-refractivity contribution is 6.10. The Kier molecular flexibility index (Phi) is 5.64. The van der Waals surface area contributed by atoms with Crippen molar-refractivity contribution in [2.45, 2.75) is 44.9 Å². The second-order valence-corrected chi connectivity index (χ2v) is 10.0. The molecule has 1 aliphatic rings. The van der Waals surface area contributed by atoms with Crippen molar-refractivity contribution < 1.29 is 29.3 Å². The van der Waals surface area contributed by atoms with Crippen LogP contribution in [0, 0.1) is 0 Å². The molecular weight excluding hydrogens is 460 g/mol. The van der Waals surface area contributed by atoms with Crippen LogP contribution in [-0.4, -0.2) is 45.6 Å². The first-order valence-electron chi connectivity index (χ1n) is 11.7. The Morgan fingerprint density at radius 1 is 1.00 bits per heavy atom. The monoisotopic (exact) mass is 488 g/mol. The summed E-state index contributed by atoms with van der Waals surface area (Å²) in [6, 6.07) is 13.4. The average Bonchev–Trinajstić information content (AvgIpc) is 3.23. The second-order valence-electron chi connectivity index (χ2n) is 10.0.